The molecule has 3 aromatic rings. The maximum absolute atomic E-state index is 12.2. The molecule has 30 heavy (non-hydrogen) atoms. The fourth-order valence-electron chi connectivity index (χ4n) is 3.73. The van der Waals surface area contributed by atoms with Crippen molar-refractivity contribution in [2.24, 2.45) is 0 Å². The van der Waals surface area contributed by atoms with Crippen molar-refractivity contribution in [2.45, 2.75) is 12.8 Å². The molecule has 1 N–H and O–H groups in total. The van der Waals surface area contributed by atoms with Gasteiger partial charge in [-0.1, -0.05) is 60.7 Å². The Labute approximate surface area is 175 Å². The molecule has 0 atom stereocenters. The van der Waals surface area contributed by atoms with Gasteiger partial charge in [0.25, 0.3) is 0 Å². The van der Waals surface area contributed by atoms with E-state index in [1.54, 1.807) is 18.3 Å². The number of aromatic nitrogens is 1. The van der Waals surface area contributed by atoms with Gasteiger partial charge in [-0.05, 0) is 40.8 Å². The standard InChI is InChI=1S/C25H22N2O3/c1-17(28)19-13-18(14-26-15-19)7-6-12-27-25(29)30-16-24-22-10-4-2-8-20(22)21-9-3-5-11-23(21)24/h2-11,13-15,24H,12,16H2,1H3,(H,27,29). The first kappa shape index (κ1) is 19.6. The van der Waals surface area contributed by atoms with E-state index in [-0.39, 0.29) is 18.3 Å². The molecule has 1 aromatic heterocycles. The lowest BCUT2D eigenvalue weighted by Crippen LogP contribution is -2.26. The molecule has 0 bridgehead atoms. The Morgan fingerprint density at radius 1 is 1.03 bits per heavy atom. The maximum Gasteiger partial charge on any atom is 0.407 e. The number of pyridine rings is 1. The number of nitrogens with zero attached hydrogens (tertiary/aromatic N) is 1. The first-order valence-electron chi connectivity index (χ1n) is 9.85. The molecule has 0 fully saturated rings. The molecule has 0 unspecified atom stereocenters. The summed E-state index contributed by atoms with van der Waals surface area (Å²) in [5.74, 6) is 0.00796. The molecule has 1 aliphatic rings. The largest absolute Gasteiger partial charge is 0.449 e. The second-order valence-electron chi connectivity index (χ2n) is 7.17. The van der Waals surface area contributed by atoms with Crippen LogP contribution in [0.1, 0.15) is 39.9 Å². The highest BCUT2D eigenvalue weighted by Gasteiger charge is 2.28. The molecule has 0 saturated heterocycles. The molecular weight excluding hydrogens is 376 g/mol. The first-order valence-corrected chi connectivity index (χ1v) is 9.85. The number of Topliss-reactive ketones (excluding diaryl/α,β-unsaturated/α-hetero) is 1. The second-order valence-corrected chi connectivity index (χ2v) is 7.17. The van der Waals surface area contributed by atoms with Gasteiger partial charge in [0.05, 0.1) is 0 Å². The summed E-state index contributed by atoms with van der Waals surface area (Å²) in [4.78, 5) is 27.6. The van der Waals surface area contributed by atoms with E-state index in [1.165, 1.54) is 35.4 Å². The summed E-state index contributed by atoms with van der Waals surface area (Å²) in [5.41, 5.74) is 6.13. The molecule has 5 nitrogen and oxygen atoms in total. The number of nitrogens with one attached hydrogen (secondary N) is 1. The number of rotatable bonds is 6. The Kier molecular flexibility index (Phi) is 5.70. The monoisotopic (exact) mass is 398 g/mol. The van der Waals surface area contributed by atoms with Crippen LogP contribution in [0.5, 0.6) is 0 Å². The number of ether oxygens (including phenoxy) is 1. The molecule has 150 valence electrons. The Bertz CT molecular complexity index is 1080. The Hall–Kier alpha value is -3.73. The van der Waals surface area contributed by atoms with Crippen molar-refractivity contribution >= 4 is 18.0 Å². The van der Waals surface area contributed by atoms with Gasteiger partial charge in [-0.15, -0.1) is 0 Å². The first-order chi connectivity index (χ1) is 14.6. The predicted molar refractivity (Wildman–Crippen MR) is 116 cm³/mol. The van der Waals surface area contributed by atoms with Gasteiger partial charge in [-0.25, -0.2) is 4.79 Å². The lowest BCUT2D eigenvalue weighted by molar-refractivity contribution is 0.101. The Balaban J connectivity index is 1.32. The SMILES string of the molecule is CC(=O)c1cncc(C=CCNC(=O)OCC2c3ccccc3-c3ccccc32)c1. The number of carbonyl (C=O) groups excluding carboxylic acids is 2. The van der Waals surface area contributed by atoms with E-state index >= 15 is 0 Å². The minimum absolute atomic E-state index is 0.0329. The Morgan fingerprint density at radius 2 is 1.70 bits per heavy atom. The van der Waals surface area contributed by atoms with Gasteiger partial charge in [-0.3, -0.25) is 9.78 Å². The van der Waals surface area contributed by atoms with E-state index in [4.69, 9.17) is 4.74 Å². The number of benzene rings is 2. The summed E-state index contributed by atoms with van der Waals surface area (Å²) in [5, 5.41) is 2.73. The summed E-state index contributed by atoms with van der Waals surface area (Å²) in [6.45, 7) is 2.11. The highest BCUT2D eigenvalue weighted by atomic mass is 16.5. The van der Waals surface area contributed by atoms with Crippen LogP contribution in [-0.2, 0) is 4.74 Å². The summed E-state index contributed by atoms with van der Waals surface area (Å²) in [7, 11) is 0. The number of hydrogen-bond acceptors (Lipinski definition) is 4. The molecule has 4 rings (SSSR count). The summed E-state index contributed by atoms with van der Waals surface area (Å²) < 4.78 is 5.50. The average molecular weight is 398 g/mol. The summed E-state index contributed by atoms with van der Waals surface area (Å²) >= 11 is 0. The number of hydrogen-bond donors (Lipinski definition) is 1. The molecule has 1 amide bonds. The zero-order valence-electron chi connectivity index (χ0n) is 16.7. The zero-order valence-corrected chi connectivity index (χ0v) is 16.7. The molecule has 5 heteroatoms. The fraction of sp³-hybridized carbons (Fsp3) is 0.160. The topological polar surface area (TPSA) is 68.3 Å². The van der Waals surface area contributed by atoms with Crippen molar-refractivity contribution in [3.05, 3.63) is 95.3 Å². The highest BCUT2D eigenvalue weighted by Crippen LogP contribution is 2.44. The quantitative estimate of drug-likeness (QED) is 0.604. The van der Waals surface area contributed by atoms with Gasteiger partial charge in [0.15, 0.2) is 5.78 Å². The van der Waals surface area contributed by atoms with Crippen molar-refractivity contribution in [1.29, 1.82) is 0 Å². The van der Waals surface area contributed by atoms with Crippen molar-refractivity contribution in [3.63, 3.8) is 0 Å². The van der Waals surface area contributed by atoms with Gasteiger partial charge >= 0.3 is 6.09 Å². The van der Waals surface area contributed by atoms with Crippen LogP contribution in [0.3, 0.4) is 0 Å². The second kappa shape index (κ2) is 8.74. The predicted octanol–water partition coefficient (Wildman–Crippen LogP) is 4.84. The third kappa shape index (κ3) is 4.15. The van der Waals surface area contributed by atoms with Crippen LogP contribution in [0.15, 0.2) is 73.1 Å². The molecule has 0 radical (unpaired) electrons. The highest BCUT2D eigenvalue weighted by molar-refractivity contribution is 5.94. The zero-order chi connectivity index (χ0) is 20.9. The summed E-state index contributed by atoms with van der Waals surface area (Å²) in [6, 6.07) is 18.2. The van der Waals surface area contributed by atoms with Gasteiger partial charge in [-0.2, -0.15) is 0 Å². The van der Waals surface area contributed by atoms with E-state index in [0.29, 0.717) is 12.1 Å². The van der Waals surface area contributed by atoms with Crippen LogP contribution in [0.25, 0.3) is 17.2 Å². The average Bonchev–Trinajstić information content (AvgIpc) is 3.09. The number of amides is 1. The molecule has 0 aliphatic heterocycles. The van der Waals surface area contributed by atoms with Crippen LogP contribution in [0.4, 0.5) is 4.79 Å². The third-order valence-electron chi connectivity index (χ3n) is 5.18. The smallest absolute Gasteiger partial charge is 0.407 e. The van der Waals surface area contributed by atoms with E-state index in [1.807, 2.05) is 30.3 Å². The maximum atomic E-state index is 12.2. The van der Waals surface area contributed by atoms with E-state index in [2.05, 4.69) is 34.6 Å². The lowest BCUT2D eigenvalue weighted by atomic mass is 9.98. The van der Waals surface area contributed by atoms with Crippen LogP contribution >= 0.6 is 0 Å². The number of alkyl carbamates (subject to hydrolysis) is 1. The third-order valence-corrected chi connectivity index (χ3v) is 5.18. The van der Waals surface area contributed by atoms with Gasteiger partial charge in [0, 0.05) is 30.4 Å². The molecule has 1 aliphatic carbocycles. The van der Waals surface area contributed by atoms with E-state index in [9.17, 15) is 9.59 Å². The minimum atomic E-state index is -0.461. The van der Waals surface area contributed by atoms with Crippen molar-refractivity contribution < 1.29 is 14.3 Å². The molecular formula is C25H22N2O3. The summed E-state index contributed by atoms with van der Waals surface area (Å²) in [6.07, 6.45) is 6.34. The van der Waals surface area contributed by atoms with Gasteiger partial charge < -0.3 is 10.1 Å². The van der Waals surface area contributed by atoms with Crippen LogP contribution in [-0.4, -0.2) is 30.0 Å². The van der Waals surface area contributed by atoms with Crippen molar-refractivity contribution in [2.75, 3.05) is 13.2 Å². The van der Waals surface area contributed by atoms with Crippen molar-refractivity contribution in [3.8, 4) is 11.1 Å². The van der Waals surface area contributed by atoms with E-state index in [0.717, 1.165) is 5.56 Å². The number of carbonyl (C=O) groups is 2. The van der Waals surface area contributed by atoms with Crippen LogP contribution in [0, 0.1) is 0 Å². The van der Waals surface area contributed by atoms with Gasteiger partial charge in [0.2, 0.25) is 0 Å². The van der Waals surface area contributed by atoms with Gasteiger partial charge in [0.1, 0.15) is 6.61 Å². The number of fused-ring (bicyclic) bond motifs is 3. The molecule has 1 heterocycles. The fourth-order valence-corrected chi connectivity index (χ4v) is 3.73. The number of ketones is 1. The normalized spacial score (nSPS) is 12.4. The lowest BCUT2D eigenvalue weighted by Gasteiger charge is -2.14. The van der Waals surface area contributed by atoms with Crippen molar-refractivity contribution in [1.82, 2.24) is 10.3 Å². The minimum Gasteiger partial charge on any atom is -0.449 e. The van der Waals surface area contributed by atoms with Crippen LogP contribution in [0.2, 0.25) is 0 Å². The molecule has 0 spiro atoms. The van der Waals surface area contributed by atoms with E-state index < -0.39 is 6.09 Å². The molecule has 2 aromatic carbocycles. The molecule has 0 saturated carbocycles. The van der Waals surface area contributed by atoms with Crippen LogP contribution < -0.4 is 5.32 Å². The Morgan fingerprint density at radius 3 is 2.37 bits per heavy atom.